The summed E-state index contributed by atoms with van der Waals surface area (Å²) < 4.78 is 10.2. The van der Waals surface area contributed by atoms with Crippen LogP contribution in [0.4, 0.5) is 0 Å². The van der Waals surface area contributed by atoms with Gasteiger partial charge >= 0.3 is 5.97 Å². The topological polar surface area (TPSA) is 64.4 Å². The molecule has 0 fully saturated rings. The van der Waals surface area contributed by atoms with Crippen molar-refractivity contribution in [3.8, 4) is 0 Å². The minimum absolute atomic E-state index is 0.0330. The van der Waals surface area contributed by atoms with Gasteiger partial charge < -0.3 is 14.5 Å². The molecule has 0 radical (unpaired) electrons. The van der Waals surface area contributed by atoms with Gasteiger partial charge in [-0.25, -0.2) is 9.78 Å². The first-order valence-corrected chi connectivity index (χ1v) is 6.43. The Hall–Kier alpha value is -2.14. The monoisotopic (exact) mass is 274 g/mol. The third-order valence-corrected chi connectivity index (χ3v) is 3.03. The van der Waals surface area contributed by atoms with E-state index in [2.05, 4.69) is 10.3 Å². The first kappa shape index (κ1) is 14.3. The number of rotatable bonds is 5. The highest BCUT2D eigenvalue weighted by atomic mass is 16.5. The summed E-state index contributed by atoms with van der Waals surface area (Å²) in [7, 11) is 1.38. The average Bonchev–Trinajstić information content (AvgIpc) is 2.91. The SMILES string of the molecule is COC(=O)c1ccccc1CNC(C)c1ncc(C)o1. The molecule has 1 atom stereocenters. The van der Waals surface area contributed by atoms with E-state index in [0.717, 1.165) is 11.3 Å². The number of carbonyl (C=O) groups is 1. The fourth-order valence-electron chi connectivity index (χ4n) is 1.91. The third kappa shape index (κ3) is 3.24. The number of nitrogens with zero attached hydrogens (tertiary/aromatic N) is 1. The van der Waals surface area contributed by atoms with Gasteiger partial charge in [0, 0.05) is 6.54 Å². The molecule has 0 saturated carbocycles. The standard InChI is InChI=1S/C15H18N2O3/c1-10-8-17-14(20-10)11(2)16-9-12-6-4-5-7-13(12)15(18)19-3/h4-8,11,16H,9H2,1-3H3. The minimum Gasteiger partial charge on any atom is -0.465 e. The average molecular weight is 274 g/mol. The second-order valence-electron chi connectivity index (χ2n) is 4.56. The number of carbonyl (C=O) groups excluding carboxylic acids is 1. The maximum absolute atomic E-state index is 11.7. The smallest absolute Gasteiger partial charge is 0.338 e. The van der Waals surface area contributed by atoms with Gasteiger partial charge in [-0.1, -0.05) is 18.2 Å². The minimum atomic E-state index is -0.331. The molecule has 106 valence electrons. The van der Waals surface area contributed by atoms with Gasteiger partial charge in [0.05, 0.1) is 24.9 Å². The van der Waals surface area contributed by atoms with E-state index >= 15 is 0 Å². The van der Waals surface area contributed by atoms with Gasteiger partial charge in [0.25, 0.3) is 0 Å². The lowest BCUT2D eigenvalue weighted by Crippen LogP contribution is -2.20. The number of esters is 1. The van der Waals surface area contributed by atoms with Gasteiger partial charge in [-0.05, 0) is 25.5 Å². The van der Waals surface area contributed by atoms with Crippen LogP contribution in [0.1, 0.15) is 40.5 Å². The van der Waals surface area contributed by atoms with E-state index in [1.165, 1.54) is 7.11 Å². The highest BCUT2D eigenvalue weighted by molar-refractivity contribution is 5.90. The van der Waals surface area contributed by atoms with Crippen LogP contribution in [0.2, 0.25) is 0 Å². The summed E-state index contributed by atoms with van der Waals surface area (Å²) in [6.07, 6.45) is 1.69. The molecule has 0 spiro atoms. The van der Waals surface area contributed by atoms with Crippen molar-refractivity contribution in [3.05, 3.63) is 53.2 Å². The number of hydrogen-bond acceptors (Lipinski definition) is 5. The lowest BCUT2D eigenvalue weighted by atomic mass is 10.1. The molecular formula is C15H18N2O3. The Morgan fingerprint density at radius 2 is 2.20 bits per heavy atom. The fourth-order valence-corrected chi connectivity index (χ4v) is 1.91. The van der Waals surface area contributed by atoms with Crippen molar-refractivity contribution < 1.29 is 13.9 Å². The first-order valence-electron chi connectivity index (χ1n) is 6.43. The van der Waals surface area contributed by atoms with Gasteiger partial charge in [0.1, 0.15) is 5.76 Å². The normalized spacial score (nSPS) is 12.2. The molecule has 2 aromatic rings. The summed E-state index contributed by atoms with van der Waals surface area (Å²) in [5, 5.41) is 3.28. The van der Waals surface area contributed by atoms with Gasteiger partial charge in [0.15, 0.2) is 0 Å². The van der Waals surface area contributed by atoms with E-state index in [4.69, 9.17) is 9.15 Å². The van der Waals surface area contributed by atoms with E-state index in [1.807, 2.05) is 32.0 Å². The molecule has 0 aliphatic carbocycles. The van der Waals surface area contributed by atoms with Crippen molar-refractivity contribution in [3.63, 3.8) is 0 Å². The lowest BCUT2D eigenvalue weighted by Gasteiger charge is -2.12. The molecule has 0 aliphatic rings. The molecule has 0 amide bonds. The van der Waals surface area contributed by atoms with Crippen LogP contribution in [0.25, 0.3) is 0 Å². The summed E-state index contributed by atoms with van der Waals surface area (Å²) in [4.78, 5) is 15.9. The molecule has 5 nitrogen and oxygen atoms in total. The second-order valence-corrected chi connectivity index (χ2v) is 4.56. The number of hydrogen-bond donors (Lipinski definition) is 1. The lowest BCUT2D eigenvalue weighted by molar-refractivity contribution is 0.0599. The Kier molecular flexibility index (Phi) is 4.53. The van der Waals surface area contributed by atoms with Gasteiger partial charge in [-0.2, -0.15) is 0 Å². The van der Waals surface area contributed by atoms with Gasteiger partial charge in [-0.3, -0.25) is 0 Å². The molecule has 1 unspecified atom stereocenters. The highest BCUT2D eigenvalue weighted by Crippen LogP contribution is 2.15. The Bertz CT molecular complexity index is 592. The molecule has 1 N–H and O–H groups in total. The summed E-state index contributed by atoms with van der Waals surface area (Å²) >= 11 is 0. The van der Waals surface area contributed by atoms with E-state index in [-0.39, 0.29) is 12.0 Å². The summed E-state index contributed by atoms with van der Waals surface area (Å²) in [5.41, 5.74) is 1.45. The maximum atomic E-state index is 11.7. The summed E-state index contributed by atoms with van der Waals surface area (Å²) in [6, 6.07) is 7.32. The van der Waals surface area contributed by atoms with Crippen molar-refractivity contribution >= 4 is 5.97 Å². The Morgan fingerprint density at radius 3 is 2.85 bits per heavy atom. The van der Waals surface area contributed by atoms with Crippen molar-refractivity contribution in [2.75, 3.05) is 7.11 Å². The molecule has 20 heavy (non-hydrogen) atoms. The number of ether oxygens (including phenoxy) is 1. The number of aromatic nitrogens is 1. The quantitative estimate of drug-likeness (QED) is 0.849. The molecule has 0 aliphatic heterocycles. The van der Waals surface area contributed by atoms with Crippen LogP contribution in [-0.2, 0) is 11.3 Å². The van der Waals surface area contributed by atoms with E-state index < -0.39 is 0 Å². The molecule has 0 saturated heterocycles. The van der Waals surface area contributed by atoms with Gasteiger partial charge in [0.2, 0.25) is 5.89 Å². The van der Waals surface area contributed by atoms with Crippen molar-refractivity contribution in [2.45, 2.75) is 26.4 Å². The molecule has 1 heterocycles. The number of benzene rings is 1. The number of aryl methyl sites for hydroxylation is 1. The Morgan fingerprint density at radius 1 is 1.45 bits per heavy atom. The maximum Gasteiger partial charge on any atom is 0.338 e. The molecule has 5 heteroatoms. The number of nitrogens with one attached hydrogen (secondary N) is 1. The third-order valence-electron chi connectivity index (χ3n) is 3.03. The van der Waals surface area contributed by atoms with Crippen LogP contribution >= 0.6 is 0 Å². The van der Waals surface area contributed by atoms with Crippen LogP contribution < -0.4 is 5.32 Å². The zero-order valence-electron chi connectivity index (χ0n) is 11.8. The summed E-state index contributed by atoms with van der Waals surface area (Å²) in [6.45, 7) is 4.36. The van der Waals surface area contributed by atoms with E-state index in [1.54, 1.807) is 12.3 Å². The van der Waals surface area contributed by atoms with Crippen molar-refractivity contribution in [1.29, 1.82) is 0 Å². The first-order chi connectivity index (χ1) is 9.61. The van der Waals surface area contributed by atoms with Crippen LogP contribution in [0.3, 0.4) is 0 Å². The van der Waals surface area contributed by atoms with E-state index in [0.29, 0.717) is 18.0 Å². The van der Waals surface area contributed by atoms with Crippen LogP contribution in [0.15, 0.2) is 34.9 Å². The highest BCUT2D eigenvalue weighted by Gasteiger charge is 2.14. The predicted molar refractivity (Wildman–Crippen MR) is 74.3 cm³/mol. The summed E-state index contributed by atoms with van der Waals surface area (Å²) in [5.74, 6) is 1.09. The predicted octanol–water partition coefficient (Wildman–Crippen LogP) is 2.62. The molecule has 1 aromatic carbocycles. The van der Waals surface area contributed by atoms with Crippen LogP contribution in [0.5, 0.6) is 0 Å². The van der Waals surface area contributed by atoms with E-state index in [9.17, 15) is 4.79 Å². The molecule has 1 aromatic heterocycles. The Labute approximate surface area is 118 Å². The number of methoxy groups -OCH3 is 1. The number of oxazole rings is 1. The Balaban J connectivity index is 2.05. The zero-order chi connectivity index (χ0) is 14.5. The van der Waals surface area contributed by atoms with Crippen molar-refractivity contribution in [1.82, 2.24) is 10.3 Å². The fraction of sp³-hybridized carbons (Fsp3) is 0.333. The zero-order valence-corrected chi connectivity index (χ0v) is 11.8. The molecule has 2 rings (SSSR count). The van der Waals surface area contributed by atoms with Crippen LogP contribution in [-0.4, -0.2) is 18.1 Å². The van der Waals surface area contributed by atoms with Gasteiger partial charge in [-0.15, -0.1) is 0 Å². The van der Waals surface area contributed by atoms with Crippen LogP contribution in [0, 0.1) is 6.92 Å². The molecular weight excluding hydrogens is 256 g/mol. The van der Waals surface area contributed by atoms with Crippen molar-refractivity contribution in [2.24, 2.45) is 0 Å². The largest absolute Gasteiger partial charge is 0.465 e. The molecule has 0 bridgehead atoms. The second kappa shape index (κ2) is 6.34.